The molecular weight excluding hydrogens is 315 g/mol. The fraction of sp³-hybridized carbons (Fsp3) is 0.0909. The lowest BCUT2D eigenvalue weighted by Gasteiger charge is -2.00. The van der Waals surface area contributed by atoms with Gasteiger partial charge in [-0.1, -0.05) is 46.9 Å². The van der Waals surface area contributed by atoms with Crippen molar-refractivity contribution in [3.8, 4) is 11.3 Å². The molecule has 1 N–H and O–H groups in total. The third-order valence-corrected chi connectivity index (χ3v) is 3.48. The van der Waals surface area contributed by atoms with E-state index in [1.54, 1.807) is 12.1 Å². The number of aromatic nitrogens is 1. The van der Waals surface area contributed by atoms with Crippen molar-refractivity contribution in [2.75, 3.05) is 5.32 Å². The molecular formula is C11H7Cl3N2OS. The zero-order valence-corrected chi connectivity index (χ0v) is 11.9. The highest BCUT2D eigenvalue weighted by molar-refractivity contribution is 7.14. The van der Waals surface area contributed by atoms with Gasteiger partial charge in [0.25, 0.3) is 5.91 Å². The third kappa shape index (κ3) is 3.36. The maximum absolute atomic E-state index is 11.3. The summed E-state index contributed by atoms with van der Waals surface area (Å²) in [5.74, 6) is -0.490. The molecule has 0 radical (unpaired) electrons. The SMILES string of the molecule is O=C(Nc1nc(-c2ccc(Cl)cc2)cs1)C(Cl)Cl. The van der Waals surface area contributed by atoms with Gasteiger partial charge in [0, 0.05) is 16.0 Å². The fourth-order valence-electron chi connectivity index (χ4n) is 1.24. The van der Waals surface area contributed by atoms with E-state index in [0.717, 1.165) is 11.3 Å². The van der Waals surface area contributed by atoms with Crippen molar-refractivity contribution in [3.63, 3.8) is 0 Å². The highest BCUT2D eigenvalue weighted by Crippen LogP contribution is 2.26. The summed E-state index contributed by atoms with van der Waals surface area (Å²) in [6.45, 7) is 0. The van der Waals surface area contributed by atoms with Crippen LogP contribution in [0.25, 0.3) is 11.3 Å². The van der Waals surface area contributed by atoms with E-state index < -0.39 is 10.7 Å². The number of benzene rings is 1. The number of amides is 1. The number of carbonyl (C=O) groups excluding carboxylic acids is 1. The molecule has 2 aromatic rings. The zero-order chi connectivity index (χ0) is 13.1. The first-order valence-electron chi connectivity index (χ1n) is 4.87. The summed E-state index contributed by atoms with van der Waals surface area (Å²) >= 11 is 18.0. The van der Waals surface area contributed by atoms with Gasteiger partial charge in [-0.15, -0.1) is 11.3 Å². The van der Waals surface area contributed by atoms with Gasteiger partial charge in [0.05, 0.1) is 5.69 Å². The lowest BCUT2D eigenvalue weighted by atomic mass is 10.2. The van der Waals surface area contributed by atoms with Gasteiger partial charge < -0.3 is 0 Å². The molecule has 18 heavy (non-hydrogen) atoms. The molecule has 0 spiro atoms. The number of nitrogens with one attached hydrogen (secondary N) is 1. The van der Waals surface area contributed by atoms with Gasteiger partial charge in [0.2, 0.25) is 0 Å². The summed E-state index contributed by atoms with van der Waals surface area (Å²) < 4.78 is 0. The summed E-state index contributed by atoms with van der Waals surface area (Å²) in [4.78, 5) is 14.4. The Morgan fingerprint density at radius 2 is 1.94 bits per heavy atom. The van der Waals surface area contributed by atoms with E-state index in [-0.39, 0.29) is 0 Å². The van der Waals surface area contributed by atoms with Crippen molar-refractivity contribution in [3.05, 3.63) is 34.7 Å². The average Bonchev–Trinajstić information content (AvgIpc) is 2.78. The molecule has 1 heterocycles. The largest absolute Gasteiger partial charge is 0.300 e. The fourth-order valence-corrected chi connectivity index (χ4v) is 2.20. The molecule has 0 aliphatic heterocycles. The predicted molar refractivity (Wildman–Crippen MR) is 76.7 cm³/mol. The van der Waals surface area contributed by atoms with Gasteiger partial charge in [0.1, 0.15) is 0 Å². The minimum atomic E-state index is -1.10. The Hall–Kier alpha value is -0.810. The molecule has 0 saturated carbocycles. The number of anilines is 1. The van der Waals surface area contributed by atoms with Gasteiger partial charge in [-0.2, -0.15) is 0 Å². The van der Waals surface area contributed by atoms with Crippen molar-refractivity contribution in [2.45, 2.75) is 4.84 Å². The van der Waals surface area contributed by atoms with E-state index >= 15 is 0 Å². The Balaban J connectivity index is 2.15. The maximum atomic E-state index is 11.3. The van der Waals surface area contributed by atoms with Crippen LogP contribution in [0, 0.1) is 0 Å². The number of rotatable bonds is 3. The number of alkyl halides is 2. The van der Waals surface area contributed by atoms with Crippen molar-refractivity contribution in [2.24, 2.45) is 0 Å². The van der Waals surface area contributed by atoms with Crippen LogP contribution < -0.4 is 5.32 Å². The number of carbonyl (C=O) groups is 1. The van der Waals surface area contributed by atoms with Crippen molar-refractivity contribution < 1.29 is 4.79 Å². The Kier molecular flexibility index (Phi) is 4.45. The van der Waals surface area contributed by atoms with Crippen LogP contribution in [0.5, 0.6) is 0 Å². The van der Waals surface area contributed by atoms with Gasteiger partial charge in [-0.3, -0.25) is 10.1 Å². The molecule has 0 fully saturated rings. The lowest BCUT2D eigenvalue weighted by molar-refractivity contribution is -0.114. The molecule has 0 atom stereocenters. The molecule has 0 unspecified atom stereocenters. The van der Waals surface area contributed by atoms with Crippen LogP contribution in [-0.4, -0.2) is 15.7 Å². The molecule has 94 valence electrons. The third-order valence-electron chi connectivity index (χ3n) is 2.07. The number of thiazole rings is 1. The van der Waals surface area contributed by atoms with E-state index in [9.17, 15) is 4.79 Å². The van der Waals surface area contributed by atoms with Gasteiger partial charge >= 0.3 is 0 Å². The first kappa shape index (κ1) is 13.6. The monoisotopic (exact) mass is 320 g/mol. The Bertz CT molecular complexity index is 554. The van der Waals surface area contributed by atoms with Crippen LogP contribution >= 0.6 is 46.1 Å². The lowest BCUT2D eigenvalue weighted by Crippen LogP contribution is -2.18. The van der Waals surface area contributed by atoms with Crippen LogP contribution in [0.4, 0.5) is 5.13 Å². The van der Waals surface area contributed by atoms with Crippen molar-refractivity contribution in [1.82, 2.24) is 4.98 Å². The summed E-state index contributed by atoms with van der Waals surface area (Å²) in [7, 11) is 0. The first-order valence-corrected chi connectivity index (χ1v) is 7.00. The standard InChI is InChI=1S/C11H7Cl3N2OS/c12-7-3-1-6(2-4-7)8-5-18-11(15-8)16-10(17)9(13)14/h1-5,9H,(H,15,16,17). The minimum absolute atomic E-state index is 0.455. The normalized spacial score (nSPS) is 10.7. The summed E-state index contributed by atoms with van der Waals surface area (Å²) in [6, 6.07) is 7.27. The molecule has 0 aliphatic carbocycles. The number of halogens is 3. The molecule has 0 aliphatic rings. The van der Waals surface area contributed by atoms with Crippen LogP contribution in [0.3, 0.4) is 0 Å². The second-order valence-corrected chi connectivity index (χ2v) is 5.73. The van der Waals surface area contributed by atoms with Gasteiger partial charge in [0.15, 0.2) is 9.97 Å². The second kappa shape index (κ2) is 5.89. The minimum Gasteiger partial charge on any atom is -0.300 e. The molecule has 0 bridgehead atoms. The average molecular weight is 322 g/mol. The van der Waals surface area contributed by atoms with Crippen molar-refractivity contribution >= 4 is 57.2 Å². The molecule has 1 aromatic carbocycles. The Labute approximate surface area is 123 Å². The predicted octanol–water partition coefficient (Wildman–Crippen LogP) is 4.21. The van der Waals surface area contributed by atoms with E-state index in [1.807, 2.05) is 17.5 Å². The zero-order valence-electron chi connectivity index (χ0n) is 8.86. The molecule has 0 saturated heterocycles. The maximum Gasteiger partial charge on any atom is 0.259 e. The van der Waals surface area contributed by atoms with Crippen LogP contribution in [0.15, 0.2) is 29.6 Å². The van der Waals surface area contributed by atoms with Crippen LogP contribution in [0.2, 0.25) is 5.02 Å². The van der Waals surface area contributed by atoms with Crippen molar-refractivity contribution in [1.29, 1.82) is 0 Å². The number of hydrogen-bond donors (Lipinski definition) is 1. The van der Waals surface area contributed by atoms with Crippen LogP contribution in [0.1, 0.15) is 0 Å². The highest BCUT2D eigenvalue weighted by Gasteiger charge is 2.13. The molecule has 2 rings (SSSR count). The van der Waals surface area contributed by atoms with E-state index in [1.165, 1.54) is 11.3 Å². The quantitative estimate of drug-likeness (QED) is 0.861. The Morgan fingerprint density at radius 1 is 1.28 bits per heavy atom. The first-order chi connectivity index (χ1) is 8.56. The second-order valence-electron chi connectivity index (χ2n) is 3.33. The highest BCUT2D eigenvalue weighted by atomic mass is 35.5. The number of nitrogens with zero attached hydrogens (tertiary/aromatic N) is 1. The van der Waals surface area contributed by atoms with E-state index in [2.05, 4.69) is 10.3 Å². The molecule has 7 heteroatoms. The smallest absolute Gasteiger partial charge is 0.259 e. The van der Waals surface area contributed by atoms with Crippen LogP contribution in [-0.2, 0) is 4.79 Å². The summed E-state index contributed by atoms with van der Waals surface area (Å²) in [5, 5.41) is 5.47. The van der Waals surface area contributed by atoms with Gasteiger partial charge in [-0.05, 0) is 12.1 Å². The topological polar surface area (TPSA) is 42.0 Å². The number of hydrogen-bond acceptors (Lipinski definition) is 3. The summed E-state index contributed by atoms with van der Waals surface area (Å²) in [6.07, 6.45) is 0. The molecule has 1 amide bonds. The van der Waals surface area contributed by atoms with E-state index in [0.29, 0.717) is 10.2 Å². The Morgan fingerprint density at radius 3 is 2.56 bits per heavy atom. The summed E-state index contributed by atoms with van der Waals surface area (Å²) in [5.41, 5.74) is 1.68. The molecule has 1 aromatic heterocycles. The van der Waals surface area contributed by atoms with Gasteiger partial charge in [-0.25, -0.2) is 4.98 Å². The molecule has 3 nitrogen and oxygen atoms in total. The van der Waals surface area contributed by atoms with E-state index in [4.69, 9.17) is 34.8 Å².